The second-order valence-electron chi connectivity index (χ2n) is 1.18. The fourth-order valence-electron chi connectivity index (χ4n) is 0.415. The van der Waals surface area contributed by atoms with E-state index in [2.05, 4.69) is 10.6 Å². The van der Waals surface area contributed by atoms with Crippen LogP contribution in [0.1, 0.15) is 13.8 Å². The van der Waals surface area contributed by atoms with Gasteiger partial charge >= 0.3 is 0 Å². The SMILES string of the molecule is CC.S=C1NCCN1. The van der Waals surface area contributed by atoms with Gasteiger partial charge in [-0.3, -0.25) is 0 Å². The van der Waals surface area contributed by atoms with E-state index in [0.29, 0.717) is 0 Å². The molecule has 0 aromatic carbocycles. The maximum atomic E-state index is 4.70. The average molecular weight is 132 g/mol. The molecule has 1 aliphatic rings. The first-order chi connectivity index (χ1) is 3.89. The van der Waals surface area contributed by atoms with E-state index < -0.39 is 0 Å². The molecule has 0 spiro atoms. The zero-order valence-electron chi connectivity index (χ0n) is 5.32. The quantitative estimate of drug-likeness (QED) is 0.469. The van der Waals surface area contributed by atoms with E-state index in [4.69, 9.17) is 12.2 Å². The number of hydrogen-bond donors (Lipinski definition) is 2. The normalized spacial score (nSPS) is 15.5. The Morgan fingerprint density at radius 1 is 1.25 bits per heavy atom. The Hall–Kier alpha value is -0.310. The summed E-state index contributed by atoms with van der Waals surface area (Å²) in [5, 5.41) is 6.67. The van der Waals surface area contributed by atoms with Crippen molar-refractivity contribution in [2.75, 3.05) is 13.1 Å². The van der Waals surface area contributed by atoms with Gasteiger partial charge in [0.05, 0.1) is 0 Å². The first-order valence-electron chi connectivity index (χ1n) is 2.91. The molecule has 0 unspecified atom stereocenters. The Kier molecular flexibility index (Phi) is 4.65. The highest BCUT2D eigenvalue weighted by Gasteiger charge is 1.98. The molecule has 3 heteroatoms. The van der Waals surface area contributed by atoms with Gasteiger partial charge in [-0.15, -0.1) is 0 Å². The summed E-state index contributed by atoms with van der Waals surface area (Å²) in [6.45, 7) is 5.97. The van der Waals surface area contributed by atoms with Gasteiger partial charge < -0.3 is 10.6 Å². The van der Waals surface area contributed by atoms with E-state index in [1.807, 2.05) is 13.8 Å². The number of rotatable bonds is 0. The van der Waals surface area contributed by atoms with Crippen LogP contribution < -0.4 is 10.6 Å². The fraction of sp³-hybridized carbons (Fsp3) is 0.800. The Labute approximate surface area is 55.7 Å². The smallest absolute Gasteiger partial charge is 0.166 e. The molecule has 48 valence electrons. The fourth-order valence-corrected chi connectivity index (χ4v) is 0.619. The van der Waals surface area contributed by atoms with Crippen LogP contribution in [-0.2, 0) is 0 Å². The van der Waals surface area contributed by atoms with E-state index in [9.17, 15) is 0 Å². The zero-order chi connectivity index (χ0) is 6.41. The molecular formula is C5H12N2S. The van der Waals surface area contributed by atoms with Crippen molar-refractivity contribution in [3.05, 3.63) is 0 Å². The number of nitrogens with one attached hydrogen (secondary N) is 2. The van der Waals surface area contributed by atoms with Crippen molar-refractivity contribution in [2.24, 2.45) is 0 Å². The van der Waals surface area contributed by atoms with Crippen molar-refractivity contribution in [2.45, 2.75) is 13.8 Å². The van der Waals surface area contributed by atoms with Gasteiger partial charge in [0.1, 0.15) is 0 Å². The van der Waals surface area contributed by atoms with Crippen molar-refractivity contribution in [3.63, 3.8) is 0 Å². The molecular weight excluding hydrogens is 120 g/mol. The first kappa shape index (κ1) is 7.69. The highest BCUT2D eigenvalue weighted by molar-refractivity contribution is 7.80. The lowest BCUT2D eigenvalue weighted by Crippen LogP contribution is -2.19. The van der Waals surface area contributed by atoms with Crippen molar-refractivity contribution in [1.82, 2.24) is 10.6 Å². The van der Waals surface area contributed by atoms with Gasteiger partial charge in [-0.2, -0.15) is 0 Å². The highest BCUT2D eigenvalue weighted by Crippen LogP contribution is 1.71. The van der Waals surface area contributed by atoms with Crippen LogP contribution in [0.25, 0.3) is 0 Å². The van der Waals surface area contributed by atoms with Crippen LogP contribution in [0.2, 0.25) is 0 Å². The average Bonchev–Trinajstić information content (AvgIpc) is 2.24. The summed E-state index contributed by atoms with van der Waals surface area (Å²) < 4.78 is 0. The lowest BCUT2D eigenvalue weighted by Gasteiger charge is -1.85. The Morgan fingerprint density at radius 3 is 1.75 bits per heavy atom. The first-order valence-corrected chi connectivity index (χ1v) is 3.32. The highest BCUT2D eigenvalue weighted by atomic mass is 32.1. The van der Waals surface area contributed by atoms with E-state index in [1.165, 1.54) is 0 Å². The number of hydrogen-bond acceptors (Lipinski definition) is 1. The van der Waals surface area contributed by atoms with E-state index in [0.717, 1.165) is 18.2 Å². The van der Waals surface area contributed by atoms with Crippen molar-refractivity contribution >= 4 is 17.3 Å². The standard InChI is InChI=1S/C3H6N2S.C2H6/c6-3-4-1-2-5-3;1-2/h1-2H2,(H2,4,5,6);1-2H3. The summed E-state index contributed by atoms with van der Waals surface area (Å²) in [6, 6.07) is 0. The van der Waals surface area contributed by atoms with Crippen molar-refractivity contribution in [1.29, 1.82) is 0 Å². The molecule has 2 N–H and O–H groups in total. The van der Waals surface area contributed by atoms with E-state index in [-0.39, 0.29) is 0 Å². The summed E-state index contributed by atoms with van der Waals surface area (Å²) in [6.07, 6.45) is 0. The minimum Gasteiger partial charge on any atom is -0.361 e. The largest absolute Gasteiger partial charge is 0.361 e. The predicted octanol–water partition coefficient (Wildman–Crippen LogP) is 0.490. The van der Waals surface area contributed by atoms with Gasteiger partial charge in [0.2, 0.25) is 0 Å². The molecule has 0 aromatic rings. The third-order valence-electron chi connectivity index (χ3n) is 0.696. The van der Waals surface area contributed by atoms with E-state index in [1.54, 1.807) is 0 Å². The summed E-state index contributed by atoms with van der Waals surface area (Å²) >= 11 is 4.70. The topological polar surface area (TPSA) is 24.1 Å². The molecule has 1 fully saturated rings. The Bertz CT molecular complexity index is 64.8. The minimum atomic E-state index is 0.787. The van der Waals surface area contributed by atoms with Crippen LogP contribution >= 0.6 is 12.2 Å². The molecule has 0 atom stereocenters. The van der Waals surface area contributed by atoms with Crippen LogP contribution in [0, 0.1) is 0 Å². The predicted molar refractivity (Wildman–Crippen MR) is 40.0 cm³/mol. The lowest BCUT2D eigenvalue weighted by molar-refractivity contribution is 0.942. The summed E-state index contributed by atoms with van der Waals surface area (Å²) in [5.41, 5.74) is 0. The monoisotopic (exact) mass is 132 g/mol. The molecule has 0 aromatic heterocycles. The molecule has 8 heavy (non-hydrogen) atoms. The van der Waals surface area contributed by atoms with Gasteiger partial charge in [0, 0.05) is 13.1 Å². The zero-order valence-corrected chi connectivity index (χ0v) is 6.14. The second-order valence-corrected chi connectivity index (χ2v) is 1.59. The molecule has 0 aliphatic carbocycles. The van der Waals surface area contributed by atoms with Crippen LogP contribution in [0.4, 0.5) is 0 Å². The number of thiocarbonyl (C=S) groups is 1. The maximum Gasteiger partial charge on any atom is 0.166 e. The van der Waals surface area contributed by atoms with Gasteiger partial charge in [-0.1, -0.05) is 13.8 Å². The summed E-state index contributed by atoms with van der Waals surface area (Å²) in [5.74, 6) is 0. The van der Waals surface area contributed by atoms with Crippen LogP contribution in [0.5, 0.6) is 0 Å². The Balaban J connectivity index is 0.000000222. The van der Waals surface area contributed by atoms with Crippen LogP contribution in [0.15, 0.2) is 0 Å². The van der Waals surface area contributed by atoms with Gasteiger partial charge in [0.25, 0.3) is 0 Å². The van der Waals surface area contributed by atoms with Crippen molar-refractivity contribution in [3.8, 4) is 0 Å². The van der Waals surface area contributed by atoms with Crippen LogP contribution in [-0.4, -0.2) is 18.2 Å². The Morgan fingerprint density at radius 2 is 1.62 bits per heavy atom. The molecule has 0 bridgehead atoms. The van der Waals surface area contributed by atoms with Gasteiger partial charge in [-0.05, 0) is 12.2 Å². The van der Waals surface area contributed by atoms with E-state index >= 15 is 0 Å². The molecule has 0 radical (unpaired) electrons. The van der Waals surface area contributed by atoms with Gasteiger partial charge in [0.15, 0.2) is 5.11 Å². The second kappa shape index (κ2) is 4.84. The molecule has 1 aliphatic heterocycles. The molecule has 0 amide bonds. The molecule has 1 heterocycles. The summed E-state index contributed by atoms with van der Waals surface area (Å²) in [4.78, 5) is 0. The minimum absolute atomic E-state index is 0.787. The third kappa shape index (κ3) is 2.80. The van der Waals surface area contributed by atoms with Crippen molar-refractivity contribution < 1.29 is 0 Å². The summed E-state index contributed by atoms with van der Waals surface area (Å²) in [7, 11) is 0. The van der Waals surface area contributed by atoms with Crippen LogP contribution in [0.3, 0.4) is 0 Å². The molecule has 2 nitrogen and oxygen atoms in total. The molecule has 1 rings (SSSR count). The third-order valence-corrected chi connectivity index (χ3v) is 0.985. The van der Waals surface area contributed by atoms with Gasteiger partial charge in [-0.25, -0.2) is 0 Å². The maximum absolute atomic E-state index is 4.70. The molecule has 1 saturated heterocycles. The molecule has 0 saturated carbocycles. The lowest BCUT2D eigenvalue weighted by atomic mass is 10.7.